The molecule has 2 aliphatic heterocycles. The van der Waals surface area contributed by atoms with E-state index < -0.39 is 23.0 Å². The van der Waals surface area contributed by atoms with Gasteiger partial charge in [0.2, 0.25) is 10.0 Å². The Morgan fingerprint density at radius 3 is 2.67 bits per heavy atom. The second kappa shape index (κ2) is 5.62. The van der Waals surface area contributed by atoms with Crippen molar-refractivity contribution in [3.63, 3.8) is 0 Å². The Balaban J connectivity index is 1.67. The molecule has 0 spiro atoms. The zero-order valence-electron chi connectivity index (χ0n) is 11.4. The summed E-state index contributed by atoms with van der Waals surface area (Å²) >= 11 is 0. The molecule has 3 rings (SSSR count). The van der Waals surface area contributed by atoms with Crippen molar-refractivity contribution in [1.29, 1.82) is 0 Å². The zero-order valence-corrected chi connectivity index (χ0v) is 12.2. The van der Waals surface area contributed by atoms with Crippen LogP contribution >= 0.6 is 0 Å². The normalized spacial score (nSPS) is 29.2. The topological polar surface area (TPSA) is 76.0 Å². The van der Waals surface area contributed by atoms with Crippen LogP contribution in [0.15, 0.2) is 17.3 Å². The summed E-state index contributed by atoms with van der Waals surface area (Å²) in [6.45, 7) is -0.604. The standard InChI is InChI=1S/C12H18F2N4O2S/c13-12(14)7-18-6-11(5-15-18)21(19,20)17-10-3-8-1-2-9(4-10)16-8/h5-6,8-10,12,16-17H,1-4,7H2. The maximum Gasteiger partial charge on any atom is 0.257 e. The fourth-order valence-electron chi connectivity index (χ4n) is 3.17. The van der Waals surface area contributed by atoms with Gasteiger partial charge in [0.1, 0.15) is 11.4 Å². The Labute approximate surface area is 122 Å². The lowest BCUT2D eigenvalue weighted by Crippen LogP contribution is -2.47. The molecule has 21 heavy (non-hydrogen) atoms. The predicted molar refractivity (Wildman–Crippen MR) is 71.5 cm³/mol. The summed E-state index contributed by atoms with van der Waals surface area (Å²) in [6.07, 6.45) is 3.38. The van der Waals surface area contributed by atoms with Crippen LogP contribution in [0.25, 0.3) is 0 Å². The third kappa shape index (κ3) is 3.41. The molecule has 9 heteroatoms. The molecule has 2 bridgehead atoms. The molecule has 2 N–H and O–H groups in total. The molecule has 0 amide bonds. The van der Waals surface area contributed by atoms with Gasteiger partial charge in [-0.2, -0.15) is 5.10 Å². The Morgan fingerprint density at radius 2 is 2.05 bits per heavy atom. The Bertz CT molecular complexity index is 592. The van der Waals surface area contributed by atoms with E-state index in [0.29, 0.717) is 12.1 Å². The van der Waals surface area contributed by atoms with Crippen molar-refractivity contribution in [3.8, 4) is 0 Å². The minimum atomic E-state index is -3.70. The first-order valence-corrected chi connectivity index (χ1v) is 8.49. The third-order valence-electron chi connectivity index (χ3n) is 4.04. The molecule has 6 nitrogen and oxygen atoms in total. The van der Waals surface area contributed by atoms with Crippen molar-refractivity contribution in [2.24, 2.45) is 0 Å². The summed E-state index contributed by atoms with van der Waals surface area (Å²) in [7, 11) is -3.70. The molecule has 2 unspecified atom stereocenters. The summed E-state index contributed by atoms with van der Waals surface area (Å²) in [5, 5.41) is 7.10. The van der Waals surface area contributed by atoms with E-state index in [1.54, 1.807) is 0 Å². The van der Waals surface area contributed by atoms with Crippen molar-refractivity contribution in [3.05, 3.63) is 12.4 Å². The van der Waals surface area contributed by atoms with Gasteiger partial charge in [-0.3, -0.25) is 4.68 Å². The molecule has 1 aromatic heterocycles. The van der Waals surface area contributed by atoms with Gasteiger partial charge < -0.3 is 5.32 Å². The molecular formula is C12H18F2N4O2S. The van der Waals surface area contributed by atoms with Gasteiger partial charge in [0.15, 0.2) is 0 Å². The van der Waals surface area contributed by atoms with Crippen LogP contribution in [-0.4, -0.2) is 42.7 Å². The van der Waals surface area contributed by atoms with Gasteiger partial charge in [-0.05, 0) is 25.7 Å². The minimum Gasteiger partial charge on any atom is -0.311 e. The lowest BCUT2D eigenvalue weighted by Gasteiger charge is -2.29. The maximum absolute atomic E-state index is 12.3. The van der Waals surface area contributed by atoms with E-state index in [4.69, 9.17) is 0 Å². The first-order valence-electron chi connectivity index (χ1n) is 7.01. The molecular weight excluding hydrogens is 302 g/mol. The Hall–Kier alpha value is -1.06. The second-order valence-corrected chi connectivity index (χ2v) is 7.43. The van der Waals surface area contributed by atoms with Crippen molar-refractivity contribution in [1.82, 2.24) is 19.8 Å². The van der Waals surface area contributed by atoms with Gasteiger partial charge in [0, 0.05) is 24.3 Å². The highest BCUT2D eigenvalue weighted by molar-refractivity contribution is 7.89. The fourth-order valence-corrected chi connectivity index (χ4v) is 4.38. The molecule has 3 heterocycles. The molecule has 2 saturated heterocycles. The van der Waals surface area contributed by atoms with Gasteiger partial charge in [0.05, 0.1) is 6.20 Å². The number of hydrogen-bond donors (Lipinski definition) is 2. The van der Waals surface area contributed by atoms with E-state index in [1.807, 2.05) is 0 Å². The Morgan fingerprint density at radius 1 is 1.38 bits per heavy atom. The van der Waals surface area contributed by atoms with E-state index in [0.717, 1.165) is 42.8 Å². The van der Waals surface area contributed by atoms with Crippen molar-refractivity contribution in [2.75, 3.05) is 0 Å². The monoisotopic (exact) mass is 320 g/mol. The average molecular weight is 320 g/mol. The number of aromatic nitrogens is 2. The SMILES string of the molecule is O=S(=O)(NC1CC2CCC(C1)N2)c1cnn(CC(F)F)c1. The number of sulfonamides is 1. The zero-order chi connectivity index (χ0) is 15.0. The molecule has 1 aromatic rings. The van der Waals surface area contributed by atoms with Crippen LogP contribution in [0.1, 0.15) is 25.7 Å². The van der Waals surface area contributed by atoms with Gasteiger partial charge >= 0.3 is 0 Å². The first kappa shape index (κ1) is 14.9. The summed E-state index contributed by atoms with van der Waals surface area (Å²) < 4.78 is 52.7. The molecule has 2 fully saturated rings. The van der Waals surface area contributed by atoms with Crippen LogP contribution in [0.2, 0.25) is 0 Å². The van der Waals surface area contributed by atoms with Gasteiger partial charge in [-0.25, -0.2) is 21.9 Å². The summed E-state index contributed by atoms with van der Waals surface area (Å²) in [5.74, 6) is 0. The molecule has 0 aliphatic carbocycles. The van der Waals surface area contributed by atoms with E-state index >= 15 is 0 Å². The number of alkyl halides is 2. The maximum atomic E-state index is 12.3. The molecule has 0 saturated carbocycles. The number of piperidine rings is 1. The quantitative estimate of drug-likeness (QED) is 0.838. The van der Waals surface area contributed by atoms with Crippen LogP contribution in [0, 0.1) is 0 Å². The van der Waals surface area contributed by atoms with E-state index in [9.17, 15) is 17.2 Å². The van der Waals surface area contributed by atoms with Gasteiger partial charge in [-0.1, -0.05) is 0 Å². The lowest BCUT2D eigenvalue weighted by molar-refractivity contribution is 0.121. The number of halogens is 2. The van der Waals surface area contributed by atoms with Crippen LogP contribution in [-0.2, 0) is 16.6 Å². The highest BCUT2D eigenvalue weighted by Crippen LogP contribution is 2.27. The number of fused-ring (bicyclic) bond motifs is 2. The highest BCUT2D eigenvalue weighted by Gasteiger charge is 2.35. The first-order chi connectivity index (χ1) is 9.92. The van der Waals surface area contributed by atoms with Crippen LogP contribution < -0.4 is 10.0 Å². The number of hydrogen-bond acceptors (Lipinski definition) is 4. The number of nitrogens with one attached hydrogen (secondary N) is 2. The molecule has 2 aliphatic rings. The van der Waals surface area contributed by atoms with Crippen molar-refractivity contribution in [2.45, 2.75) is 61.7 Å². The van der Waals surface area contributed by atoms with E-state index in [2.05, 4.69) is 15.1 Å². The molecule has 2 atom stereocenters. The highest BCUT2D eigenvalue weighted by atomic mass is 32.2. The largest absolute Gasteiger partial charge is 0.311 e. The van der Waals surface area contributed by atoms with Gasteiger partial charge in [-0.15, -0.1) is 0 Å². The lowest BCUT2D eigenvalue weighted by atomic mass is 10.0. The van der Waals surface area contributed by atoms with Crippen LogP contribution in [0.3, 0.4) is 0 Å². The van der Waals surface area contributed by atoms with Crippen molar-refractivity contribution >= 4 is 10.0 Å². The summed E-state index contributed by atoms with van der Waals surface area (Å²) in [6, 6.07) is 0.642. The van der Waals surface area contributed by atoms with Crippen LogP contribution in [0.4, 0.5) is 8.78 Å². The van der Waals surface area contributed by atoms with Crippen LogP contribution in [0.5, 0.6) is 0 Å². The molecule has 0 radical (unpaired) electrons. The number of nitrogens with zero attached hydrogens (tertiary/aromatic N) is 2. The second-order valence-electron chi connectivity index (χ2n) is 5.72. The van der Waals surface area contributed by atoms with E-state index in [-0.39, 0.29) is 10.9 Å². The summed E-state index contributed by atoms with van der Waals surface area (Å²) in [5.41, 5.74) is 0. The minimum absolute atomic E-state index is 0.0611. The predicted octanol–water partition coefficient (Wildman–Crippen LogP) is 0.709. The van der Waals surface area contributed by atoms with E-state index in [1.165, 1.54) is 0 Å². The smallest absolute Gasteiger partial charge is 0.257 e. The molecule has 118 valence electrons. The Kier molecular flexibility index (Phi) is 3.98. The molecule has 0 aromatic carbocycles. The average Bonchev–Trinajstić information content (AvgIpc) is 2.96. The fraction of sp³-hybridized carbons (Fsp3) is 0.750. The van der Waals surface area contributed by atoms with Crippen molar-refractivity contribution < 1.29 is 17.2 Å². The number of rotatable bonds is 5. The third-order valence-corrected chi connectivity index (χ3v) is 5.51. The van der Waals surface area contributed by atoms with Gasteiger partial charge in [0.25, 0.3) is 6.43 Å². The summed E-state index contributed by atoms with van der Waals surface area (Å²) in [4.78, 5) is -0.0611.